The molecule has 0 N–H and O–H groups in total. The fraction of sp³-hybridized carbons (Fsp3) is 0.526. The number of rotatable bonds is 9. The lowest BCUT2D eigenvalue weighted by molar-refractivity contribution is 0.133. The van der Waals surface area contributed by atoms with Gasteiger partial charge in [0.1, 0.15) is 0 Å². The molecule has 0 spiro atoms. The summed E-state index contributed by atoms with van der Waals surface area (Å²) in [7, 11) is 3.29. The van der Waals surface area contributed by atoms with E-state index in [-0.39, 0.29) is 0 Å². The standard InChI is InChI=1S/C19H28N6O2/c1-4-8-23-10-12-24(13-11-23)15-19-20-21-22-25(19)9-7-16-5-6-17(26-2)18(14-16)27-3/h4-6,14H,1,7-13,15H2,2-3H3. The van der Waals surface area contributed by atoms with Crippen LogP contribution in [0.25, 0.3) is 0 Å². The molecule has 0 saturated carbocycles. The summed E-state index contributed by atoms with van der Waals surface area (Å²) in [6.45, 7) is 10.4. The van der Waals surface area contributed by atoms with Crippen LogP contribution in [0.1, 0.15) is 11.4 Å². The molecule has 27 heavy (non-hydrogen) atoms. The van der Waals surface area contributed by atoms with Gasteiger partial charge >= 0.3 is 0 Å². The normalized spacial score (nSPS) is 15.6. The van der Waals surface area contributed by atoms with Crippen LogP contribution in [0.15, 0.2) is 30.9 Å². The maximum Gasteiger partial charge on any atom is 0.165 e. The lowest BCUT2D eigenvalue weighted by Gasteiger charge is -2.33. The Morgan fingerprint density at radius 1 is 1.07 bits per heavy atom. The average Bonchev–Trinajstić information content (AvgIpc) is 3.14. The molecular formula is C19H28N6O2. The van der Waals surface area contributed by atoms with Crippen molar-refractivity contribution in [1.82, 2.24) is 30.0 Å². The highest BCUT2D eigenvalue weighted by Crippen LogP contribution is 2.27. The van der Waals surface area contributed by atoms with Gasteiger partial charge in [0.15, 0.2) is 17.3 Å². The van der Waals surface area contributed by atoms with Crippen LogP contribution in [-0.4, -0.2) is 77.0 Å². The lowest BCUT2D eigenvalue weighted by Crippen LogP contribution is -2.46. The highest BCUT2D eigenvalue weighted by Gasteiger charge is 2.18. The molecule has 1 aromatic heterocycles. The van der Waals surface area contributed by atoms with Crippen LogP contribution in [0.3, 0.4) is 0 Å². The van der Waals surface area contributed by atoms with Crippen LogP contribution in [0.4, 0.5) is 0 Å². The van der Waals surface area contributed by atoms with Crippen molar-refractivity contribution in [3.63, 3.8) is 0 Å². The Hall–Kier alpha value is -2.45. The molecule has 0 bridgehead atoms. The van der Waals surface area contributed by atoms with E-state index in [1.54, 1.807) is 14.2 Å². The number of hydrogen-bond donors (Lipinski definition) is 0. The third-order valence-corrected chi connectivity index (χ3v) is 4.88. The van der Waals surface area contributed by atoms with Gasteiger partial charge < -0.3 is 9.47 Å². The summed E-state index contributed by atoms with van der Waals surface area (Å²) in [4.78, 5) is 4.81. The molecule has 2 heterocycles. The van der Waals surface area contributed by atoms with E-state index in [2.05, 4.69) is 31.9 Å². The number of hydrogen-bond acceptors (Lipinski definition) is 7. The molecule has 0 aliphatic carbocycles. The van der Waals surface area contributed by atoms with E-state index in [1.807, 2.05) is 29.0 Å². The minimum atomic E-state index is 0.730. The molecule has 8 nitrogen and oxygen atoms in total. The number of tetrazole rings is 1. The molecule has 1 fully saturated rings. The molecule has 146 valence electrons. The second-order valence-corrected chi connectivity index (χ2v) is 6.62. The fourth-order valence-electron chi connectivity index (χ4n) is 3.29. The molecule has 8 heteroatoms. The number of nitrogens with zero attached hydrogens (tertiary/aromatic N) is 6. The Bertz CT molecular complexity index is 740. The van der Waals surface area contributed by atoms with Crippen LogP contribution in [0.2, 0.25) is 0 Å². The van der Waals surface area contributed by atoms with E-state index in [9.17, 15) is 0 Å². The predicted molar refractivity (Wildman–Crippen MR) is 103 cm³/mol. The molecule has 1 aliphatic rings. The van der Waals surface area contributed by atoms with Crippen LogP contribution in [0.5, 0.6) is 11.5 Å². The van der Waals surface area contributed by atoms with Crippen molar-refractivity contribution in [2.45, 2.75) is 19.5 Å². The summed E-state index contributed by atoms with van der Waals surface area (Å²) < 4.78 is 12.6. The first-order valence-electron chi connectivity index (χ1n) is 9.25. The molecule has 1 saturated heterocycles. The van der Waals surface area contributed by atoms with Crippen molar-refractivity contribution in [2.75, 3.05) is 46.9 Å². The van der Waals surface area contributed by atoms with Crippen LogP contribution < -0.4 is 9.47 Å². The lowest BCUT2D eigenvalue weighted by atomic mass is 10.1. The van der Waals surface area contributed by atoms with Gasteiger partial charge in [-0.15, -0.1) is 11.7 Å². The van der Waals surface area contributed by atoms with Crippen molar-refractivity contribution >= 4 is 0 Å². The number of ether oxygens (including phenoxy) is 2. The van der Waals surface area contributed by atoms with E-state index in [0.29, 0.717) is 0 Å². The second kappa shape index (κ2) is 9.48. The number of methoxy groups -OCH3 is 2. The van der Waals surface area contributed by atoms with Crippen molar-refractivity contribution < 1.29 is 9.47 Å². The Morgan fingerprint density at radius 3 is 2.52 bits per heavy atom. The Balaban J connectivity index is 1.55. The fourth-order valence-corrected chi connectivity index (χ4v) is 3.29. The van der Waals surface area contributed by atoms with Crippen LogP contribution in [-0.2, 0) is 19.5 Å². The van der Waals surface area contributed by atoms with E-state index < -0.39 is 0 Å². The van der Waals surface area contributed by atoms with Gasteiger partial charge in [-0.2, -0.15) is 0 Å². The zero-order valence-electron chi connectivity index (χ0n) is 16.2. The Morgan fingerprint density at radius 2 is 1.81 bits per heavy atom. The predicted octanol–water partition coefficient (Wildman–Crippen LogP) is 1.24. The van der Waals surface area contributed by atoms with E-state index in [0.717, 1.165) is 75.1 Å². The second-order valence-electron chi connectivity index (χ2n) is 6.62. The number of piperazine rings is 1. The molecule has 3 rings (SSSR count). The number of aryl methyl sites for hydroxylation is 2. The zero-order chi connectivity index (χ0) is 19.1. The summed E-state index contributed by atoms with van der Waals surface area (Å²) >= 11 is 0. The van der Waals surface area contributed by atoms with Crippen LogP contribution in [0, 0.1) is 0 Å². The largest absolute Gasteiger partial charge is 0.493 e. The molecule has 0 radical (unpaired) electrons. The molecule has 1 aromatic carbocycles. The minimum Gasteiger partial charge on any atom is -0.493 e. The molecule has 1 aliphatic heterocycles. The Labute approximate surface area is 160 Å². The quantitative estimate of drug-likeness (QED) is 0.613. The maximum atomic E-state index is 5.38. The smallest absolute Gasteiger partial charge is 0.165 e. The molecule has 2 aromatic rings. The minimum absolute atomic E-state index is 0.730. The van der Waals surface area contributed by atoms with Gasteiger partial charge in [0.25, 0.3) is 0 Å². The van der Waals surface area contributed by atoms with E-state index >= 15 is 0 Å². The molecule has 0 amide bonds. The van der Waals surface area contributed by atoms with Gasteiger partial charge in [-0.25, -0.2) is 4.68 Å². The zero-order valence-corrected chi connectivity index (χ0v) is 16.2. The summed E-state index contributed by atoms with van der Waals surface area (Å²) in [5.74, 6) is 2.39. The summed E-state index contributed by atoms with van der Waals surface area (Å²) in [5.41, 5.74) is 1.16. The highest BCUT2D eigenvalue weighted by atomic mass is 16.5. The van der Waals surface area contributed by atoms with E-state index in [1.165, 1.54) is 0 Å². The van der Waals surface area contributed by atoms with Gasteiger partial charge in [-0.1, -0.05) is 12.1 Å². The first-order valence-corrected chi connectivity index (χ1v) is 9.25. The molecular weight excluding hydrogens is 344 g/mol. The third kappa shape index (κ3) is 5.05. The topological polar surface area (TPSA) is 68.5 Å². The summed E-state index contributed by atoms with van der Waals surface area (Å²) in [6, 6.07) is 5.98. The first kappa shape index (κ1) is 19.3. The van der Waals surface area contributed by atoms with Crippen molar-refractivity contribution in [2.24, 2.45) is 0 Å². The van der Waals surface area contributed by atoms with Gasteiger partial charge in [0, 0.05) is 39.3 Å². The van der Waals surface area contributed by atoms with Crippen molar-refractivity contribution in [1.29, 1.82) is 0 Å². The number of benzene rings is 1. The monoisotopic (exact) mass is 372 g/mol. The van der Waals surface area contributed by atoms with Crippen molar-refractivity contribution in [3.8, 4) is 11.5 Å². The average molecular weight is 372 g/mol. The first-order chi connectivity index (χ1) is 13.2. The van der Waals surface area contributed by atoms with E-state index in [4.69, 9.17) is 9.47 Å². The molecule has 0 unspecified atom stereocenters. The maximum absolute atomic E-state index is 5.38. The summed E-state index contributed by atoms with van der Waals surface area (Å²) in [6.07, 6.45) is 2.79. The molecule has 0 atom stereocenters. The van der Waals surface area contributed by atoms with Gasteiger partial charge in [-0.05, 0) is 34.5 Å². The third-order valence-electron chi connectivity index (χ3n) is 4.88. The van der Waals surface area contributed by atoms with Gasteiger partial charge in [-0.3, -0.25) is 9.80 Å². The highest BCUT2D eigenvalue weighted by molar-refractivity contribution is 5.42. The van der Waals surface area contributed by atoms with Gasteiger partial charge in [0.05, 0.1) is 20.8 Å². The van der Waals surface area contributed by atoms with Crippen LogP contribution >= 0.6 is 0 Å². The Kier molecular flexibility index (Phi) is 6.78. The van der Waals surface area contributed by atoms with Gasteiger partial charge in [0.2, 0.25) is 0 Å². The SMILES string of the molecule is C=CCN1CCN(Cc2nnnn2CCc2ccc(OC)c(OC)c2)CC1. The summed E-state index contributed by atoms with van der Waals surface area (Å²) in [5, 5.41) is 12.3. The number of aromatic nitrogens is 4. The van der Waals surface area contributed by atoms with Crippen molar-refractivity contribution in [3.05, 3.63) is 42.2 Å².